The highest BCUT2D eigenvalue weighted by Crippen LogP contribution is 2.39. The van der Waals surface area contributed by atoms with E-state index in [9.17, 15) is 10.2 Å². The van der Waals surface area contributed by atoms with Crippen molar-refractivity contribution < 1.29 is 19.7 Å². The Kier molecular flexibility index (Phi) is 3.84. The number of ether oxygens (including phenoxy) is 2. The standard InChI is InChI=1S/C14H20N2O4/c17-13-10-12(16-3-7-20-8-4-16)14(18)9-11(13)15-1-5-19-6-2-15/h9-10,17-18H,1-8H2. The predicted molar refractivity (Wildman–Crippen MR) is 75.8 cm³/mol. The van der Waals surface area contributed by atoms with E-state index in [-0.39, 0.29) is 11.5 Å². The molecule has 20 heavy (non-hydrogen) atoms. The van der Waals surface area contributed by atoms with E-state index in [0.717, 1.165) is 26.2 Å². The van der Waals surface area contributed by atoms with Gasteiger partial charge in [0, 0.05) is 38.3 Å². The molecule has 6 heteroatoms. The Morgan fingerprint density at radius 1 is 0.700 bits per heavy atom. The average molecular weight is 280 g/mol. The molecule has 6 nitrogen and oxygen atoms in total. The molecule has 1 aromatic rings. The lowest BCUT2D eigenvalue weighted by Gasteiger charge is -2.32. The number of anilines is 2. The highest BCUT2D eigenvalue weighted by atomic mass is 16.5. The number of hydrogen-bond acceptors (Lipinski definition) is 6. The molecule has 0 radical (unpaired) electrons. The van der Waals surface area contributed by atoms with Crippen LogP contribution in [0.2, 0.25) is 0 Å². The number of benzene rings is 1. The Morgan fingerprint density at radius 3 is 1.40 bits per heavy atom. The van der Waals surface area contributed by atoms with Gasteiger partial charge in [0.2, 0.25) is 0 Å². The quantitative estimate of drug-likeness (QED) is 0.780. The number of aromatic hydroxyl groups is 2. The molecule has 1 aromatic carbocycles. The van der Waals surface area contributed by atoms with Crippen molar-refractivity contribution in [1.29, 1.82) is 0 Å². The number of rotatable bonds is 2. The lowest BCUT2D eigenvalue weighted by Crippen LogP contribution is -2.37. The molecule has 110 valence electrons. The Labute approximate surface area is 118 Å². The fourth-order valence-electron chi connectivity index (χ4n) is 2.67. The first-order chi connectivity index (χ1) is 9.75. The van der Waals surface area contributed by atoms with Gasteiger partial charge in [-0.2, -0.15) is 0 Å². The topological polar surface area (TPSA) is 65.4 Å². The van der Waals surface area contributed by atoms with Gasteiger partial charge in [0.05, 0.1) is 37.8 Å². The summed E-state index contributed by atoms with van der Waals surface area (Å²) in [5, 5.41) is 20.5. The average Bonchev–Trinajstić information content (AvgIpc) is 2.51. The lowest BCUT2D eigenvalue weighted by molar-refractivity contribution is 0.122. The molecule has 0 amide bonds. The molecular formula is C14H20N2O4. The van der Waals surface area contributed by atoms with Gasteiger partial charge >= 0.3 is 0 Å². The summed E-state index contributed by atoms with van der Waals surface area (Å²) in [5.41, 5.74) is 1.34. The highest BCUT2D eigenvalue weighted by molar-refractivity contribution is 5.72. The van der Waals surface area contributed by atoms with Gasteiger partial charge < -0.3 is 29.5 Å². The second-order valence-electron chi connectivity index (χ2n) is 5.03. The fraction of sp³-hybridized carbons (Fsp3) is 0.571. The molecule has 0 saturated carbocycles. The molecule has 2 N–H and O–H groups in total. The zero-order valence-corrected chi connectivity index (χ0v) is 11.4. The van der Waals surface area contributed by atoms with E-state index < -0.39 is 0 Å². The first-order valence-electron chi connectivity index (χ1n) is 6.97. The second-order valence-corrected chi connectivity index (χ2v) is 5.03. The van der Waals surface area contributed by atoms with Gasteiger partial charge in [0.25, 0.3) is 0 Å². The number of phenols is 2. The SMILES string of the molecule is Oc1cc(N2CCOCC2)c(O)cc1N1CCOCC1. The normalized spacial score (nSPS) is 20.2. The van der Waals surface area contributed by atoms with Crippen LogP contribution in [0.25, 0.3) is 0 Å². The van der Waals surface area contributed by atoms with Crippen LogP contribution in [0.1, 0.15) is 0 Å². The minimum Gasteiger partial charge on any atom is -0.506 e. The van der Waals surface area contributed by atoms with E-state index >= 15 is 0 Å². The van der Waals surface area contributed by atoms with Crippen molar-refractivity contribution in [3.8, 4) is 11.5 Å². The fourth-order valence-corrected chi connectivity index (χ4v) is 2.67. The summed E-state index contributed by atoms with van der Waals surface area (Å²) in [4.78, 5) is 4.06. The molecule has 0 spiro atoms. The zero-order valence-electron chi connectivity index (χ0n) is 11.4. The number of nitrogens with zero attached hydrogens (tertiary/aromatic N) is 2. The van der Waals surface area contributed by atoms with Gasteiger partial charge in [0.1, 0.15) is 11.5 Å². The third-order valence-electron chi connectivity index (χ3n) is 3.78. The van der Waals surface area contributed by atoms with Crippen LogP contribution in [0.4, 0.5) is 11.4 Å². The Morgan fingerprint density at radius 2 is 1.05 bits per heavy atom. The lowest BCUT2D eigenvalue weighted by atomic mass is 10.2. The molecule has 2 saturated heterocycles. The summed E-state index contributed by atoms with van der Waals surface area (Å²) in [7, 11) is 0. The summed E-state index contributed by atoms with van der Waals surface area (Å²) >= 11 is 0. The van der Waals surface area contributed by atoms with Crippen molar-refractivity contribution in [3.63, 3.8) is 0 Å². The van der Waals surface area contributed by atoms with Crippen molar-refractivity contribution in [3.05, 3.63) is 12.1 Å². The van der Waals surface area contributed by atoms with Gasteiger partial charge in [0.15, 0.2) is 0 Å². The highest BCUT2D eigenvalue weighted by Gasteiger charge is 2.20. The van der Waals surface area contributed by atoms with Gasteiger partial charge in [-0.1, -0.05) is 0 Å². The van der Waals surface area contributed by atoms with E-state index in [1.165, 1.54) is 0 Å². The number of phenolic OH excluding ortho intramolecular Hbond substituents is 2. The van der Waals surface area contributed by atoms with Crippen molar-refractivity contribution in [2.75, 3.05) is 62.4 Å². The van der Waals surface area contributed by atoms with E-state index in [0.29, 0.717) is 37.8 Å². The number of morpholine rings is 2. The van der Waals surface area contributed by atoms with Gasteiger partial charge in [-0.15, -0.1) is 0 Å². The first kappa shape index (κ1) is 13.3. The van der Waals surface area contributed by atoms with Crippen LogP contribution in [-0.2, 0) is 9.47 Å². The van der Waals surface area contributed by atoms with E-state index in [4.69, 9.17) is 9.47 Å². The molecular weight excluding hydrogens is 260 g/mol. The molecule has 0 bridgehead atoms. The van der Waals surface area contributed by atoms with E-state index in [1.807, 2.05) is 9.80 Å². The van der Waals surface area contributed by atoms with Crippen LogP contribution >= 0.6 is 0 Å². The largest absolute Gasteiger partial charge is 0.506 e. The molecule has 2 heterocycles. The van der Waals surface area contributed by atoms with Crippen molar-refractivity contribution in [1.82, 2.24) is 0 Å². The van der Waals surface area contributed by atoms with Crippen LogP contribution in [-0.4, -0.2) is 62.8 Å². The number of hydrogen-bond donors (Lipinski definition) is 2. The van der Waals surface area contributed by atoms with Crippen LogP contribution in [0.3, 0.4) is 0 Å². The molecule has 2 fully saturated rings. The summed E-state index contributed by atoms with van der Waals surface area (Å²) in [6.07, 6.45) is 0. The van der Waals surface area contributed by atoms with Crippen LogP contribution in [0.15, 0.2) is 12.1 Å². The van der Waals surface area contributed by atoms with Gasteiger partial charge in [-0.3, -0.25) is 0 Å². The van der Waals surface area contributed by atoms with Crippen LogP contribution < -0.4 is 9.80 Å². The van der Waals surface area contributed by atoms with Crippen LogP contribution in [0, 0.1) is 0 Å². The van der Waals surface area contributed by atoms with Crippen molar-refractivity contribution >= 4 is 11.4 Å². The van der Waals surface area contributed by atoms with Gasteiger partial charge in [-0.05, 0) is 0 Å². The van der Waals surface area contributed by atoms with Gasteiger partial charge in [-0.25, -0.2) is 0 Å². The summed E-state index contributed by atoms with van der Waals surface area (Å²) in [6, 6.07) is 3.29. The molecule has 0 unspecified atom stereocenters. The molecule has 0 atom stereocenters. The smallest absolute Gasteiger partial charge is 0.141 e. The third-order valence-corrected chi connectivity index (χ3v) is 3.78. The predicted octanol–water partition coefficient (Wildman–Crippen LogP) is 0.771. The van der Waals surface area contributed by atoms with Crippen molar-refractivity contribution in [2.45, 2.75) is 0 Å². The van der Waals surface area contributed by atoms with E-state index in [2.05, 4.69) is 0 Å². The van der Waals surface area contributed by atoms with E-state index in [1.54, 1.807) is 12.1 Å². The molecule has 2 aliphatic rings. The molecule has 2 aliphatic heterocycles. The maximum Gasteiger partial charge on any atom is 0.141 e. The Balaban J connectivity index is 1.85. The molecule has 0 aliphatic carbocycles. The Hall–Kier alpha value is -1.66. The zero-order chi connectivity index (χ0) is 13.9. The molecule has 3 rings (SSSR count). The minimum absolute atomic E-state index is 0.200. The Bertz CT molecular complexity index is 425. The first-order valence-corrected chi connectivity index (χ1v) is 6.97. The monoisotopic (exact) mass is 280 g/mol. The summed E-state index contributed by atoms with van der Waals surface area (Å²) in [5.74, 6) is 0.400. The minimum atomic E-state index is 0.200. The maximum absolute atomic E-state index is 10.2. The summed E-state index contributed by atoms with van der Waals surface area (Å²) in [6.45, 7) is 5.48. The summed E-state index contributed by atoms with van der Waals surface area (Å²) < 4.78 is 10.6. The second kappa shape index (κ2) is 5.76. The van der Waals surface area contributed by atoms with Crippen molar-refractivity contribution in [2.24, 2.45) is 0 Å². The molecule has 0 aromatic heterocycles. The maximum atomic E-state index is 10.2. The van der Waals surface area contributed by atoms with Crippen LogP contribution in [0.5, 0.6) is 11.5 Å². The third kappa shape index (κ3) is 2.62.